The molecule has 118 valence electrons. The molecule has 0 amide bonds. The second-order valence-electron chi connectivity index (χ2n) is 5.05. The summed E-state index contributed by atoms with van der Waals surface area (Å²) in [5.74, 6) is -1.19. The summed E-state index contributed by atoms with van der Waals surface area (Å²) < 4.78 is 68.7. The minimum Gasteiger partial charge on any atom is -0.468 e. The molecule has 0 spiro atoms. The van der Waals surface area contributed by atoms with Crippen molar-refractivity contribution in [3.8, 4) is 5.88 Å². The summed E-state index contributed by atoms with van der Waals surface area (Å²) in [5, 5.41) is 0. The molecule has 0 fully saturated rings. The second-order valence-corrected chi connectivity index (χ2v) is 6.98. The molecule has 1 rings (SSSR count). The molecule has 0 aromatic carbocycles. The molecule has 4 nitrogen and oxygen atoms in total. The third-order valence-electron chi connectivity index (χ3n) is 2.03. The smallest absolute Gasteiger partial charge is 0.422 e. The molecular formula is C12H14F4N2O2S. The molecule has 0 saturated heterocycles. The van der Waals surface area contributed by atoms with E-state index in [1.54, 1.807) is 20.8 Å². The van der Waals surface area contributed by atoms with Gasteiger partial charge >= 0.3 is 6.18 Å². The highest BCUT2D eigenvalue weighted by Gasteiger charge is 2.29. The quantitative estimate of drug-likeness (QED) is 0.631. The Labute approximate surface area is 121 Å². The number of pyridine rings is 1. The van der Waals surface area contributed by atoms with E-state index in [-0.39, 0.29) is 5.56 Å². The molecular weight excluding hydrogens is 312 g/mol. The Morgan fingerprint density at radius 1 is 1.38 bits per heavy atom. The maximum absolute atomic E-state index is 13.1. The summed E-state index contributed by atoms with van der Waals surface area (Å²) in [6.45, 7) is 3.46. The van der Waals surface area contributed by atoms with Crippen LogP contribution in [0.25, 0.3) is 0 Å². The molecule has 0 unspecified atom stereocenters. The van der Waals surface area contributed by atoms with Crippen LogP contribution in [0.2, 0.25) is 0 Å². The van der Waals surface area contributed by atoms with E-state index in [2.05, 4.69) is 14.1 Å². The standard InChI is InChI=1S/C12H14F4N2O2S/c1-11(2,3)21(19)18-5-8-4-9(13)6-17-10(8)20-7-12(14,15)16/h4-6H,7H2,1-3H3/t21-/m1/s1. The molecule has 0 N–H and O–H groups in total. The van der Waals surface area contributed by atoms with Gasteiger partial charge in [0.05, 0.1) is 22.7 Å². The highest BCUT2D eigenvalue weighted by atomic mass is 32.2. The van der Waals surface area contributed by atoms with E-state index >= 15 is 0 Å². The van der Waals surface area contributed by atoms with Gasteiger partial charge in [0.25, 0.3) is 0 Å². The van der Waals surface area contributed by atoms with Crippen LogP contribution in [0.5, 0.6) is 5.88 Å². The van der Waals surface area contributed by atoms with E-state index in [1.165, 1.54) is 0 Å². The summed E-state index contributed by atoms with van der Waals surface area (Å²) >= 11 is 0. The van der Waals surface area contributed by atoms with Crippen LogP contribution in [0.15, 0.2) is 16.7 Å². The van der Waals surface area contributed by atoms with Crippen molar-refractivity contribution in [2.45, 2.75) is 31.7 Å². The van der Waals surface area contributed by atoms with Crippen molar-refractivity contribution in [3.05, 3.63) is 23.6 Å². The Morgan fingerprint density at radius 3 is 2.52 bits per heavy atom. The topological polar surface area (TPSA) is 51.5 Å². The lowest BCUT2D eigenvalue weighted by Crippen LogP contribution is -2.21. The average molecular weight is 326 g/mol. The molecule has 1 atom stereocenters. The molecule has 0 aliphatic carbocycles. The van der Waals surface area contributed by atoms with Gasteiger partial charge in [-0.1, -0.05) is 0 Å². The van der Waals surface area contributed by atoms with Crippen molar-refractivity contribution in [1.82, 2.24) is 4.98 Å². The van der Waals surface area contributed by atoms with Crippen molar-refractivity contribution >= 4 is 17.2 Å². The maximum atomic E-state index is 13.1. The van der Waals surface area contributed by atoms with Gasteiger partial charge in [-0.25, -0.2) is 13.6 Å². The van der Waals surface area contributed by atoms with Crippen molar-refractivity contribution in [2.75, 3.05) is 6.61 Å². The Bertz CT molecular complexity index is 553. The lowest BCUT2D eigenvalue weighted by Gasteiger charge is -2.13. The van der Waals surface area contributed by atoms with Crippen LogP contribution in [0.1, 0.15) is 26.3 Å². The molecule has 9 heteroatoms. The number of nitrogens with zero attached hydrogens (tertiary/aromatic N) is 2. The van der Waals surface area contributed by atoms with E-state index < -0.39 is 40.2 Å². The number of hydrogen-bond acceptors (Lipinski definition) is 3. The number of ether oxygens (including phenoxy) is 1. The van der Waals surface area contributed by atoms with E-state index in [0.717, 1.165) is 18.5 Å². The van der Waals surface area contributed by atoms with Crippen LogP contribution in [-0.2, 0) is 11.0 Å². The number of halogens is 4. The van der Waals surface area contributed by atoms with Crippen LogP contribution in [-0.4, -0.2) is 32.9 Å². The predicted octanol–water partition coefficient (Wildman–Crippen LogP) is 3.04. The third-order valence-corrected chi connectivity index (χ3v) is 3.37. The average Bonchev–Trinajstić information content (AvgIpc) is 2.32. The highest BCUT2D eigenvalue weighted by Crippen LogP contribution is 2.20. The summed E-state index contributed by atoms with van der Waals surface area (Å²) in [7, 11) is -1.63. The van der Waals surface area contributed by atoms with Gasteiger partial charge in [0.15, 0.2) is 6.61 Å². The molecule has 0 saturated carbocycles. The van der Waals surface area contributed by atoms with Gasteiger partial charge in [-0.2, -0.15) is 17.6 Å². The normalized spacial score (nSPS) is 14.4. The molecule has 21 heavy (non-hydrogen) atoms. The summed E-state index contributed by atoms with van der Waals surface area (Å²) in [6, 6.07) is 0.905. The number of rotatable bonds is 4. The van der Waals surface area contributed by atoms with Gasteiger partial charge in [-0.05, 0) is 26.8 Å². The lowest BCUT2D eigenvalue weighted by atomic mass is 10.3. The van der Waals surface area contributed by atoms with Crippen LogP contribution >= 0.6 is 0 Å². The van der Waals surface area contributed by atoms with Crippen molar-refractivity contribution in [3.63, 3.8) is 0 Å². The van der Waals surface area contributed by atoms with E-state index in [9.17, 15) is 21.8 Å². The second kappa shape index (κ2) is 6.50. The number of hydrogen-bond donors (Lipinski definition) is 0. The van der Waals surface area contributed by atoms with Crippen molar-refractivity contribution < 1.29 is 26.5 Å². The zero-order valence-corrected chi connectivity index (χ0v) is 12.4. The first kappa shape index (κ1) is 17.5. The fraction of sp³-hybridized carbons (Fsp3) is 0.500. The Kier molecular flexibility index (Phi) is 5.43. The fourth-order valence-corrected chi connectivity index (χ4v) is 1.59. The van der Waals surface area contributed by atoms with Crippen LogP contribution in [0.4, 0.5) is 17.6 Å². The first-order valence-electron chi connectivity index (χ1n) is 5.80. The van der Waals surface area contributed by atoms with Gasteiger partial charge in [-0.3, -0.25) is 0 Å². The van der Waals surface area contributed by atoms with Crippen molar-refractivity contribution in [1.29, 1.82) is 0 Å². The van der Waals surface area contributed by atoms with Crippen molar-refractivity contribution in [2.24, 2.45) is 4.40 Å². The molecule has 0 aliphatic rings. The van der Waals surface area contributed by atoms with E-state index in [4.69, 9.17) is 0 Å². The SMILES string of the molecule is CC(C)(C)[S@@](=O)N=Cc1cc(F)cnc1OCC(F)(F)F. The van der Waals surface area contributed by atoms with E-state index in [1.807, 2.05) is 0 Å². The first-order chi connectivity index (χ1) is 9.49. The van der Waals surface area contributed by atoms with Gasteiger partial charge in [0.1, 0.15) is 16.8 Å². The highest BCUT2D eigenvalue weighted by molar-refractivity contribution is 7.85. The zero-order valence-electron chi connectivity index (χ0n) is 11.6. The summed E-state index contributed by atoms with van der Waals surface area (Å²) in [6.07, 6.45) is -2.83. The lowest BCUT2D eigenvalue weighted by molar-refractivity contribution is -0.154. The predicted molar refractivity (Wildman–Crippen MR) is 71.2 cm³/mol. The van der Waals surface area contributed by atoms with Gasteiger partial charge in [0, 0.05) is 0 Å². The molecule has 0 bridgehead atoms. The summed E-state index contributed by atoms with van der Waals surface area (Å²) in [4.78, 5) is 3.43. The molecule has 0 radical (unpaired) electrons. The van der Waals surface area contributed by atoms with Gasteiger partial charge in [0.2, 0.25) is 5.88 Å². The van der Waals surface area contributed by atoms with Gasteiger partial charge < -0.3 is 4.74 Å². The largest absolute Gasteiger partial charge is 0.468 e. The first-order valence-corrected chi connectivity index (χ1v) is 6.91. The fourth-order valence-electron chi connectivity index (χ4n) is 1.07. The molecule has 1 aromatic heterocycles. The molecule has 0 aliphatic heterocycles. The molecule has 1 aromatic rings. The monoisotopic (exact) mass is 326 g/mol. The third kappa shape index (κ3) is 6.19. The number of aromatic nitrogens is 1. The van der Waals surface area contributed by atoms with Crippen LogP contribution in [0.3, 0.4) is 0 Å². The van der Waals surface area contributed by atoms with Gasteiger partial charge in [-0.15, -0.1) is 0 Å². The molecule has 1 heterocycles. The Balaban J connectivity index is 2.97. The van der Waals surface area contributed by atoms with E-state index in [0.29, 0.717) is 0 Å². The maximum Gasteiger partial charge on any atom is 0.422 e. The Hall–Kier alpha value is -1.51. The zero-order chi connectivity index (χ0) is 16.3. The number of alkyl halides is 3. The minimum absolute atomic E-state index is 0.114. The summed E-state index contributed by atoms with van der Waals surface area (Å²) in [5.41, 5.74) is -0.114. The van der Waals surface area contributed by atoms with Crippen LogP contribution < -0.4 is 4.74 Å². The Morgan fingerprint density at radius 2 is 2.00 bits per heavy atom. The minimum atomic E-state index is -4.54. The van der Waals surface area contributed by atoms with Crippen LogP contribution in [0, 0.1) is 5.82 Å².